The van der Waals surface area contributed by atoms with Crippen LogP contribution in [0.4, 0.5) is 5.69 Å². The Kier molecular flexibility index (Phi) is 5.89. The lowest BCUT2D eigenvalue weighted by Gasteiger charge is -2.36. The van der Waals surface area contributed by atoms with Crippen LogP contribution in [0.5, 0.6) is 5.75 Å². The van der Waals surface area contributed by atoms with Crippen molar-refractivity contribution in [1.29, 1.82) is 0 Å². The maximum Gasteiger partial charge on any atom is 0.264 e. The van der Waals surface area contributed by atoms with Crippen molar-refractivity contribution in [1.82, 2.24) is 0 Å². The third-order valence-electron chi connectivity index (χ3n) is 3.82. The van der Waals surface area contributed by atoms with Crippen LogP contribution in [0.25, 0.3) is 0 Å². The minimum absolute atomic E-state index is 0.0827. The van der Waals surface area contributed by atoms with Gasteiger partial charge in [0.1, 0.15) is 18.5 Å². The molecule has 1 unspecified atom stereocenters. The summed E-state index contributed by atoms with van der Waals surface area (Å²) < 4.78 is 33.3. The summed E-state index contributed by atoms with van der Waals surface area (Å²) in [5, 5.41) is 1.75. The predicted octanol–water partition coefficient (Wildman–Crippen LogP) is 4.39. The van der Waals surface area contributed by atoms with Crippen molar-refractivity contribution in [3.05, 3.63) is 57.0 Å². The summed E-state index contributed by atoms with van der Waals surface area (Å²) in [5.41, 5.74) is 1.64. The number of rotatable bonds is 5. The molecule has 2 aromatic carbocycles. The van der Waals surface area contributed by atoms with Crippen LogP contribution in [0.15, 0.2) is 36.4 Å². The molecule has 1 aliphatic rings. The van der Waals surface area contributed by atoms with Crippen LogP contribution >= 0.6 is 34.8 Å². The summed E-state index contributed by atoms with van der Waals surface area (Å²) >= 11 is 18.5. The van der Waals surface area contributed by atoms with E-state index < -0.39 is 16.2 Å². The molecule has 2 aromatic rings. The first-order chi connectivity index (χ1) is 12.2. The van der Waals surface area contributed by atoms with E-state index in [1.165, 1.54) is 0 Å². The molecule has 0 amide bonds. The number of hydrogen-bond acceptors (Lipinski definition) is 5. The molecule has 0 N–H and O–H groups in total. The second kappa shape index (κ2) is 7.82. The molecule has 0 bridgehead atoms. The highest BCUT2D eigenvalue weighted by Gasteiger charge is 2.27. The van der Waals surface area contributed by atoms with Crippen molar-refractivity contribution < 1.29 is 17.3 Å². The lowest BCUT2D eigenvalue weighted by Crippen LogP contribution is -2.42. The quantitative estimate of drug-likeness (QED) is 0.651. The van der Waals surface area contributed by atoms with Gasteiger partial charge in [0.15, 0.2) is 0 Å². The zero-order valence-electron chi connectivity index (χ0n) is 13.8. The fourth-order valence-electron chi connectivity index (χ4n) is 2.70. The number of nitrogens with zero attached hydrogens (tertiary/aromatic N) is 1. The molecular weight excluding hydrogens is 421 g/mol. The number of ether oxygens (including phenoxy) is 1. The SMILES string of the molecule is CS(=O)(=O)OCC1CN(Cc2cc(Cl)ccc2Cl)c2cc(Cl)ccc2O1. The Labute approximate surface area is 167 Å². The fraction of sp³-hybridized carbons (Fsp3) is 0.294. The van der Waals surface area contributed by atoms with Crippen molar-refractivity contribution in [2.75, 3.05) is 24.3 Å². The van der Waals surface area contributed by atoms with Gasteiger partial charge >= 0.3 is 0 Å². The van der Waals surface area contributed by atoms with E-state index in [4.69, 9.17) is 43.7 Å². The number of fused-ring (bicyclic) bond motifs is 1. The summed E-state index contributed by atoms with van der Waals surface area (Å²) in [6.07, 6.45) is 0.545. The Morgan fingerprint density at radius 2 is 1.85 bits per heavy atom. The third kappa shape index (κ3) is 4.96. The van der Waals surface area contributed by atoms with Gasteiger partial charge in [0, 0.05) is 21.6 Å². The minimum atomic E-state index is -3.55. The summed E-state index contributed by atoms with van der Waals surface area (Å²) in [4.78, 5) is 2.01. The summed E-state index contributed by atoms with van der Waals surface area (Å²) in [6, 6.07) is 10.5. The molecule has 0 aromatic heterocycles. The smallest absolute Gasteiger partial charge is 0.264 e. The monoisotopic (exact) mass is 435 g/mol. The zero-order valence-corrected chi connectivity index (χ0v) is 16.9. The van der Waals surface area contributed by atoms with Crippen molar-refractivity contribution in [3.8, 4) is 5.75 Å². The lowest BCUT2D eigenvalue weighted by molar-refractivity contribution is 0.128. The number of halogens is 3. The Morgan fingerprint density at radius 1 is 1.15 bits per heavy atom. The number of anilines is 1. The van der Waals surface area contributed by atoms with Gasteiger partial charge in [-0.15, -0.1) is 0 Å². The molecule has 0 spiro atoms. The Bertz CT molecular complexity index is 920. The molecule has 9 heteroatoms. The summed E-state index contributed by atoms with van der Waals surface area (Å²) in [5.74, 6) is 0.598. The maximum atomic E-state index is 11.3. The molecule has 1 aliphatic heterocycles. The number of benzene rings is 2. The average molecular weight is 437 g/mol. The molecular formula is C17H16Cl3NO4S. The lowest BCUT2D eigenvalue weighted by atomic mass is 10.1. The number of hydrogen-bond donors (Lipinski definition) is 0. The van der Waals surface area contributed by atoms with Gasteiger partial charge in [-0.3, -0.25) is 4.18 Å². The second-order valence-corrected chi connectivity index (χ2v) is 8.88. The van der Waals surface area contributed by atoms with E-state index in [-0.39, 0.29) is 6.61 Å². The Hall–Kier alpha value is -1.18. The van der Waals surface area contributed by atoms with Gasteiger partial charge < -0.3 is 9.64 Å². The molecule has 26 heavy (non-hydrogen) atoms. The molecule has 0 radical (unpaired) electrons. The predicted molar refractivity (Wildman–Crippen MR) is 104 cm³/mol. The zero-order chi connectivity index (χ0) is 18.9. The highest BCUT2D eigenvalue weighted by atomic mass is 35.5. The van der Waals surface area contributed by atoms with Crippen molar-refractivity contribution in [3.63, 3.8) is 0 Å². The Balaban J connectivity index is 1.89. The van der Waals surface area contributed by atoms with E-state index in [9.17, 15) is 8.42 Å². The van der Waals surface area contributed by atoms with E-state index in [0.717, 1.165) is 17.5 Å². The molecule has 1 heterocycles. The van der Waals surface area contributed by atoms with E-state index in [0.29, 0.717) is 33.9 Å². The summed E-state index contributed by atoms with van der Waals surface area (Å²) in [7, 11) is -3.55. The van der Waals surface area contributed by atoms with E-state index in [2.05, 4.69) is 0 Å². The van der Waals surface area contributed by atoms with Crippen LogP contribution in [0.2, 0.25) is 15.1 Å². The maximum absolute atomic E-state index is 11.3. The molecule has 1 atom stereocenters. The molecule has 3 rings (SSSR count). The fourth-order valence-corrected chi connectivity index (χ4v) is 3.64. The van der Waals surface area contributed by atoms with Crippen LogP contribution in [-0.4, -0.2) is 33.9 Å². The van der Waals surface area contributed by atoms with Gasteiger partial charge in [0.25, 0.3) is 10.1 Å². The topological polar surface area (TPSA) is 55.8 Å². The van der Waals surface area contributed by atoms with E-state index >= 15 is 0 Å². The highest BCUT2D eigenvalue weighted by Crippen LogP contribution is 2.37. The first kappa shape index (κ1) is 19.6. The van der Waals surface area contributed by atoms with Gasteiger partial charge in [-0.1, -0.05) is 34.8 Å². The van der Waals surface area contributed by atoms with Crippen molar-refractivity contribution >= 4 is 50.6 Å². The highest BCUT2D eigenvalue weighted by molar-refractivity contribution is 7.85. The first-order valence-corrected chi connectivity index (χ1v) is 10.7. The van der Waals surface area contributed by atoms with Gasteiger partial charge in [-0.05, 0) is 42.0 Å². The van der Waals surface area contributed by atoms with Crippen LogP contribution in [0, 0.1) is 0 Å². The standard InChI is InChI=1S/C17H16Cl3NO4S/c1-26(22,23)24-10-14-9-21(8-11-6-12(18)2-4-15(11)20)16-7-13(19)3-5-17(16)25-14/h2-7,14H,8-10H2,1H3. The van der Waals surface area contributed by atoms with Crippen LogP contribution in [0.3, 0.4) is 0 Å². The van der Waals surface area contributed by atoms with Gasteiger partial charge in [-0.2, -0.15) is 8.42 Å². The largest absolute Gasteiger partial charge is 0.484 e. The molecule has 140 valence electrons. The molecule has 0 saturated heterocycles. The summed E-state index contributed by atoms with van der Waals surface area (Å²) in [6.45, 7) is 0.790. The van der Waals surface area contributed by atoms with Crippen molar-refractivity contribution in [2.45, 2.75) is 12.6 Å². The molecule has 5 nitrogen and oxygen atoms in total. The average Bonchev–Trinajstić information content (AvgIpc) is 2.56. The molecule has 0 saturated carbocycles. The van der Waals surface area contributed by atoms with E-state index in [1.807, 2.05) is 4.90 Å². The van der Waals surface area contributed by atoms with Gasteiger partial charge in [-0.25, -0.2) is 0 Å². The molecule has 0 aliphatic carbocycles. The van der Waals surface area contributed by atoms with Crippen molar-refractivity contribution in [2.24, 2.45) is 0 Å². The van der Waals surface area contributed by atoms with Crippen LogP contribution in [-0.2, 0) is 20.8 Å². The second-order valence-electron chi connectivity index (χ2n) is 5.96. The van der Waals surface area contributed by atoms with Crippen LogP contribution in [0.1, 0.15) is 5.56 Å². The van der Waals surface area contributed by atoms with E-state index in [1.54, 1.807) is 36.4 Å². The minimum Gasteiger partial charge on any atom is -0.484 e. The first-order valence-electron chi connectivity index (χ1n) is 7.71. The molecule has 0 fully saturated rings. The van der Waals surface area contributed by atoms with Gasteiger partial charge in [0.05, 0.1) is 18.5 Å². The normalized spacial score (nSPS) is 16.9. The Morgan fingerprint density at radius 3 is 2.58 bits per heavy atom. The third-order valence-corrected chi connectivity index (χ3v) is 5.22. The van der Waals surface area contributed by atoms with Crippen LogP contribution < -0.4 is 9.64 Å². The van der Waals surface area contributed by atoms with Gasteiger partial charge in [0.2, 0.25) is 0 Å².